The Morgan fingerprint density at radius 2 is 2.04 bits per heavy atom. The third-order valence-electron chi connectivity index (χ3n) is 3.81. The smallest absolute Gasteiger partial charge is 0.276 e. The number of fused-ring (bicyclic) bond motifs is 1. The second-order valence-electron chi connectivity index (χ2n) is 6.78. The van der Waals surface area contributed by atoms with E-state index in [9.17, 15) is 0 Å². The predicted molar refractivity (Wildman–Crippen MR) is 90.3 cm³/mol. The molecular formula is C17H18N6O. The fourth-order valence-electron chi connectivity index (χ4n) is 2.76. The van der Waals surface area contributed by atoms with Gasteiger partial charge < -0.3 is 9.51 Å². The van der Waals surface area contributed by atoms with E-state index in [1.54, 1.807) is 6.20 Å². The first-order valence-corrected chi connectivity index (χ1v) is 7.77. The van der Waals surface area contributed by atoms with Crippen LogP contribution in [0.25, 0.3) is 34.0 Å². The van der Waals surface area contributed by atoms with Crippen LogP contribution in [-0.4, -0.2) is 29.9 Å². The molecule has 4 rings (SSSR count). The lowest BCUT2D eigenvalue weighted by Crippen LogP contribution is -2.24. The number of rotatable bonds is 2. The van der Waals surface area contributed by atoms with Gasteiger partial charge in [0, 0.05) is 23.3 Å². The van der Waals surface area contributed by atoms with Crippen LogP contribution in [-0.2, 0) is 5.54 Å². The minimum Gasteiger partial charge on any atom is -0.346 e. The van der Waals surface area contributed by atoms with Gasteiger partial charge in [0.25, 0.3) is 5.89 Å². The number of hydrogen-bond donors (Lipinski definition) is 1. The summed E-state index contributed by atoms with van der Waals surface area (Å²) in [6.45, 7) is 8.22. The monoisotopic (exact) mass is 322 g/mol. The molecule has 0 saturated heterocycles. The van der Waals surface area contributed by atoms with Crippen molar-refractivity contribution < 1.29 is 4.52 Å². The minimum absolute atomic E-state index is 0.178. The van der Waals surface area contributed by atoms with Gasteiger partial charge >= 0.3 is 0 Å². The zero-order chi connectivity index (χ0) is 16.9. The Bertz CT molecular complexity index is 1020. The van der Waals surface area contributed by atoms with Gasteiger partial charge in [-0.25, -0.2) is 4.98 Å². The van der Waals surface area contributed by atoms with Crippen molar-refractivity contribution in [1.82, 2.24) is 29.9 Å². The molecule has 0 aliphatic carbocycles. The highest BCUT2D eigenvalue weighted by Crippen LogP contribution is 2.29. The average molecular weight is 322 g/mol. The number of nitrogens with zero attached hydrogens (tertiary/aromatic N) is 5. The van der Waals surface area contributed by atoms with E-state index in [-0.39, 0.29) is 5.54 Å². The minimum atomic E-state index is -0.178. The van der Waals surface area contributed by atoms with Gasteiger partial charge in [-0.05, 0) is 45.9 Å². The van der Waals surface area contributed by atoms with Crippen LogP contribution in [0.1, 0.15) is 26.5 Å². The van der Waals surface area contributed by atoms with E-state index in [1.807, 2.05) is 36.0 Å². The maximum absolute atomic E-state index is 5.53. The van der Waals surface area contributed by atoms with Crippen LogP contribution < -0.4 is 0 Å². The molecule has 4 aromatic rings. The highest BCUT2D eigenvalue weighted by atomic mass is 16.5. The first kappa shape index (κ1) is 14.6. The Morgan fingerprint density at radius 3 is 2.83 bits per heavy atom. The van der Waals surface area contributed by atoms with Gasteiger partial charge in [-0.1, -0.05) is 5.16 Å². The third-order valence-corrected chi connectivity index (χ3v) is 3.81. The lowest BCUT2D eigenvalue weighted by molar-refractivity contribution is 0.349. The Hall–Kier alpha value is -2.96. The quantitative estimate of drug-likeness (QED) is 0.610. The van der Waals surface area contributed by atoms with Crippen molar-refractivity contribution in [3.05, 3.63) is 36.3 Å². The van der Waals surface area contributed by atoms with Gasteiger partial charge in [-0.15, -0.1) is 0 Å². The molecule has 1 N–H and O–H groups in total. The van der Waals surface area contributed by atoms with Crippen LogP contribution in [0.5, 0.6) is 0 Å². The largest absolute Gasteiger partial charge is 0.346 e. The molecule has 0 aliphatic rings. The van der Waals surface area contributed by atoms with Crippen LogP contribution in [0, 0.1) is 6.92 Å². The van der Waals surface area contributed by atoms with Gasteiger partial charge in [-0.3, -0.25) is 4.68 Å². The maximum Gasteiger partial charge on any atom is 0.276 e. The number of H-pyrrole nitrogens is 1. The molecule has 0 radical (unpaired) electrons. The molecule has 4 aromatic heterocycles. The molecule has 0 unspecified atom stereocenters. The standard InChI is InChI=1S/C17H18N6O/c1-10-9-13(23(21-10)17(2,3)4)16-20-15(22-24-16)12-6-8-19-14-11(12)5-7-18-14/h5-9H,1-4H3,(H,18,19). The van der Waals surface area contributed by atoms with E-state index in [1.165, 1.54) is 0 Å². The summed E-state index contributed by atoms with van der Waals surface area (Å²) >= 11 is 0. The summed E-state index contributed by atoms with van der Waals surface area (Å²) < 4.78 is 7.44. The summed E-state index contributed by atoms with van der Waals surface area (Å²) in [7, 11) is 0. The molecule has 0 saturated carbocycles. The maximum atomic E-state index is 5.53. The predicted octanol–water partition coefficient (Wildman–Crippen LogP) is 3.54. The fraction of sp³-hybridized carbons (Fsp3) is 0.294. The Labute approximate surface area is 138 Å². The molecule has 122 valence electrons. The first-order chi connectivity index (χ1) is 11.4. The van der Waals surface area contributed by atoms with Crippen molar-refractivity contribution in [3.8, 4) is 23.0 Å². The molecule has 24 heavy (non-hydrogen) atoms. The SMILES string of the molecule is Cc1cc(-c2nc(-c3ccnc4[nH]ccc34)no2)n(C(C)(C)C)n1. The van der Waals surface area contributed by atoms with Crippen molar-refractivity contribution >= 4 is 11.0 Å². The van der Waals surface area contributed by atoms with Crippen LogP contribution >= 0.6 is 0 Å². The summed E-state index contributed by atoms with van der Waals surface area (Å²) in [6, 6.07) is 5.80. The number of pyridine rings is 1. The van der Waals surface area contributed by atoms with E-state index >= 15 is 0 Å². The lowest BCUT2D eigenvalue weighted by atomic mass is 10.1. The lowest BCUT2D eigenvalue weighted by Gasteiger charge is -2.21. The molecule has 0 fully saturated rings. The average Bonchev–Trinajstić information content (AvgIpc) is 3.24. The van der Waals surface area contributed by atoms with Crippen molar-refractivity contribution in [3.63, 3.8) is 0 Å². The Morgan fingerprint density at radius 1 is 1.21 bits per heavy atom. The van der Waals surface area contributed by atoms with Gasteiger partial charge in [0.15, 0.2) is 0 Å². The van der Waals surface area contributed by atoms with Crippen molar-refractivity contribution in [2.75, 3.05) is 0 Å². The third kappa shape index (κ3) is 2.29. The van der Waals surface area contributed by atoms with Gasteiger partial charge in [-0.2, -0.15) is 10.1 Å². The van der Waals surface area contributed by atoms with Gasteiger partial charge in [0.05, 0.1) is 11.2 Å². The molecule has 0 bridgehead atoms. The summed E-state index contributed by atoms with van der Waals surface area (Å²) in [6.07, 6.45) is 3.58. The van der Waals surface area contributed by atoms with Gasteiger partial charge in [0.2, 0.25) is 5.82 Å². The second-order valence-corrected chi connectivity index (χ2v) is 6.78. The van der Waals surface area contributed by atoms with E-state index in [0.29, 0.717) is 11.7 Å². The summed E-state index contributed by atoms with van der Waals surface area (Å²) in [5.41, 5.74) is 3.24. The van der Waals surface area contributed by atoms with Gasteiger partial charge in [0.1, 0.15) is 11.3 Å². The number of nitrogens with one attached hydrogen (secondary N) is 1. The van der Waals surface area contributed by atoms with E-state index in [2.05, 4.69) is 46.0 Å². The Kier molecular flexibility index (Phi) is 3.06. The molecule has 0 atom stereocenters. The normalized spacial score (nSPS) is 12.2. The van der Waals surface area contributed by atoms with Crippen molar-refractivity contribution in [2.45, 2.75) is 33.2 Å². The van der Waals surface area contributed by atoms with Crippen LogP contribution in [0.2, 0.25) is 0 Å². The van der Waals surface area contributed by atoms with E-state index in [0.717, 1.165) is 28.0 Å². The topological polar surface area (TPSA) is 85.4 Å². The molecule has 7 heteroatoms. The highest BCUT2D eigenvalue weighted by molar-refractivity contribution is 5.90. The number of aryl methyl sites for hydroxylation is 1. The van der Waals surface area contributed by atoms with Crippen LogP contribution in [0.15, 0.2) is 35.1 Å². The summed E-state index contributed by atoms with van der Waals surface area (Å²) in [5, 5.41) is 9.68. The van der Waals surface area contributed by atoms with E-state index in [4.69, 9.17) is 4.52 Å². The molecule has 0 amide bonds. The Balaban J connectivity index is 1.83. The molecular weight excluding hydrogens is 304 g/mol. The van der Waals surface area contributed by atoms with Crippen LogP contribution in [0.3, 0.4) is 0 Å². The number of aromatic nitrogens is 6. The zero-order valence-electron chi connectivity index (χ0n) is 14.0. The summed E-state index contributed by atoms with van der Waals surface area (Å²) in [5.74, 6) is 0.998. The fourth-order valence-corrected chi connectivity index (χ4v) is 2.76. The molecule has 0 spiro atoms. The van der Waals surface area contributed by atoms with Crippen molar-refractivity contribution in [2.24, 2.45) is 0 Å². The molecule has 4 heterocycles. The first-order valence-electron chi connectivity index (χ1n) is 7.77. The number of hydrogen-bond acceptors (Lipinski definition) is 5. The van der Waals surface area contributed by atoms with Crippen molar-refractivity contribution in [1.29, 1.82) is 0 Å². The zero-order valence-corrected chi connectivity index (χ0v) is 14.0. The molecule has 0 aromatic carbocycles. The highest BCUT2D eigenvalue weighted by Gasteiger charge is 2.23. The molecule has 7 nitrogen and oxygen atoms in total. The molecule has 0 aliphatic heterocycles. The second kappa shape index (κ2) is 5.02. The van der Waals surface area contributed by atoms with E-state index < -0.39 is 0 Å². The van der Waals surface area contributed by atoms with Crippen LogP contribution in [0.4, 0.5) is 0 Å². The summed E-state index contributed by atoms with van der Waals surface area (Å²) in [4.78, 5) is 12.0. The number of aromatic amines is 1.